The number of rotatable bonds is 3. The van der Waals surface area contributed by atoms with Crippen molar-refractivity contribution in [3.63, 3.8) is 0 Å². The van der Waals surface area contributed by atoms with Crippen LogP contribution in [0.2, 0.25) is 0 Å². The topological polar surface area (TPSA) is 84.2 Å². The van der Waals surface area contributed by atoms with E-state index in [-0.39, 0.29) is 17.1 Å². The van der Waals surface area contributed by atoms with Gasteiger partial charge in [-0.1, -0.05) is 12.2 Å². The lowest BCUT2D eigenvalue weighted by atomic mass is 9.78. The Morgan fingerprint density at radius 3 is 2.40 bits per heavy atom. The van der Waals surface area contributed by atoms with Crippen molar-refractivity contribution in [1.82, 2.24) is 10.6 Å². The van der Waals surface area contributed by atoms with Gasteiger partial charge in [-0.2, -0.15) is 0 Å². The minimum atomic E-state index is -0.684. The van der Waals surface area contributed by atoms with Gasteiger partial charge in [0, 0.05) is 5.54 Å². The van der Waals surface area contributed by atoms with Gasteiger partial charge in [0.15, 0.2) is 0 Å². The standard InChI is InChI=1S/C9H15N3O2S/c1-9(3-2-4-9)12-8(14)7(13)11-5-6(10)15/h2-5H2,1H3,(H2,10,15)(H,11,13)(H,12,14). The summed E-state index contributed by atoms with van der Waals surface area (Å²) in [6.45, 7) is 1.98. The molecule has 0 spiro atoms. The van der Waals surface area contributed by atoms with Gasteiger partial charge in [-0.25, -0.2) is 0 Å². The Hall–Kier alpha value is -1.17. The first-order chi connectivity index (χ1) is 6.93. The molecule has 5 nitrogen and oxygen atoms in total. The zero-order valence-electron chi connectivity index (χ0n) is 8.63. The summed E-state index contributed by atoms with van der Waals surface area (Å²) in [5, 5.41) is 5.02. The molecule has 84 valence electrons. The molecular formula is C9H15N3O2S. The first-order valence-electron chi connectivity index (χ1n) is 4.82. The van der Waals surface area contributed by atoms with Gasteiger partial charge < -0.3 is 16.4 Å². The lowest BCUT2D eigenvalue weighted by Crippen LogP contribution is -2.55. The summed E-state index contributed by atoms with van der Waals surface area (Å²) in [5.74, 6) is -1.30. The van der Waals surface area contributed by atoms with Crippen LogP contribution in [0.25, 0.3) is 0 Å². The quantitative estimate of drug-likeness (QED) is 0.448. The molecular weight excluding hydrogens is 214 g/mol. The van der Waals surface area contributed by atoms with Crippen molar-refractivity contribution in [2.45, 2.75) is 31.7 Å². The Balaban J connectivity index is 2.33. The Bertz CT molecular complexity index is 300. The molecule has 0 heterocycles. The van der Waals surface area contributed by atoms with E-state index in [1.807, 2.05) is 6.92 Å². The summed E-state index contributed by atoms with van der Waals surface area (Å²) in [5.41, 5.74) is 4.98. The van der Waals surface area contributed by atoms with E-state index >= 15 is 0 Å². The first kappa shape index (κ1) is 11.9. The smallest absolute Gasteiger partial charge is 0.309 e. The van der Waals surface area contributed by atoms with Gasteiger partial charge in [0.05, 0.1) is 11.5 Å². The third-order valence-electron chi connectivity index (χ3n) is 2.50. The van der Waals surface area contributed by atoms with Crippen molar-refractivity contribution < 1.29 is 9.59 Å². The van der Waals surface area contributed by atoms with Crippen LogP contribution in [0, 0.1) is 0 Å². The fourth-order valence-corrected chi connectivity index (χ4v) is 1.48. The Morgan fingerprint density at radius 2 is 2.00 bits per heavy atom. The second-order valence-electron chi connectivity index (χ2n) is 4.02. The first-order valence-corrected chi connectivity index (χ1v) is 5.22. The van der Waals surface area contributed by atoms with Gasteiger partial charge in [0.1, 0.15) is 0 Å². The molecule has 0 bridgehead atoms. The van der Waals surface area contributed by atoms with Crippen LogP contribution in [0.4, 0.5) is 0 Å². The van der Waals surface area contributed by atoms with Crippen LogP contribution in [0.15, 0.2) is 0 Å². The predicted octanol–water partition coefficient (Wildman–Crippen LogP) is -0.553. The number of nitrogens with two attached hydrogens (primary N) is 1. The molecule has 0 aliphatic heterocycles. The second-order valence-corrected chi connectivity index (χ2v) is 4.54. The lowest BCUT2D eigenvalue weighted by molar-refractivity contribution is -0.140. The Morgan fingerprint density at radius 1 is 1.40 bits per heavy atom. The highest BCUT2D eigenvalue weighted by Crippen LogP contribution is 2.30. The average Bonchev–Trinajstić information content (AvgIpc) is 2.11. The number of hydrogen-bond donors (Lipinski definition) is 3. The zero-order chi connectivity index (χ0) is 11.5. The molecule has 6 heteroatoms. The summed E-state index contributed by atoms with van der Waals surface area (Å²) in [4.78, 5) is 22.7. The molecule has 0 unspecified atom stereocenters. The Kier molecular flexibility index (Phi) is 3.62. The molecule has 1 fully saturated rings. The fourth-order valence-electron chi connectivity index (χ4n) is 1.41. The van der Waals surface area contributed by atoms with Crippen molar-refractivity contribution in [3.8, 4) is 0 Å². The molecule has 2 amide bonds. The predicted molar refractivity (Wildman–Crippen MR) is 60.2 cm³/mol. The number of carbonyl (C=O) groups is 2. The summed E-state index contributed by atoms with van der Waals surface area (Å²) in [6, 6.07) is 0. The summed E-state index contributed by atoms with van der Waals surface area (Å²) in [7, 11) is 0. The molecule has 0 saturated heterocycles. The summed E-state index contributed by atoms with van der Waals surface area (Å²) in [6.07, 6.45) is 2.92. The summed E-state index contributed by atoms with van der Waals surface area (Å²) < 4.78 is 0. The minimum absolute atomic E-state index is 0.0539. The van der Waals surface area contributed by atoms with E-state index in [1.54, 1.807) is 0 Å². The molecule has 0 atom stereocenters. The zero-order valence-corrected chi connectivity index (χ0v) is 9.45. The number of thiocarbonyl (C=S) groups is 1. The molecule has 1 rings (SSSR count). The fraction of sp³-hybridized carbons (Fsp3) is 0.667. The normalized spacial score (nSPS) is 17.4. The van der Waals surface area contributed by atoms with Crippen molar-refractivity contribution in [2.24, 2.45) is 5.73 Å². The van der Waals surface area contributed by atoms with Crippen LogP contribution in [0.5, 0.6) is 0 Å². The highest BCUT2D eigenvalue weighted by atomic mass is 32.1. The van der Waals surface area contributed by atoms with E-state index in [1.165, 1.54) is 0 Å². The highest BCUT2D eigenvalue weighted by molar-refractivity contribution is 7.80. The Labute approximate surface area is 93.8 Å². The van der Waals surface area contributed by atoms with E-state index in [0.717, 1.165) is 19.3 Å². The van der Waals surface area contributed by atoms with Crippen molar-refractivity contribution >= 4 is 29.0 Å². The minimum Gasteiger partial charge on any atom is -0.392 e. The van der Waals surface area contributed by atoms with Crippen LogP contribution in [-0.2, 0) is 9.59 Å². The number of nitrogens with one attached hydrogen (secondary N) is 2. The monoisotopic (exact) mass is 229 g/mol. The molecule has 0 aromatic rings. The van der Waals surface area contributed by atoms with E-state index in [9.17, 15) is 9.59 Å². The number of amides is 2. The van der Waals surface area contributed by atoms with Gasteiger partial charge in [0.25, 0.3) is 0 Å². The largest absolute Gasteiger partial charge is 0.392 e. The molecule has 1 aliphatic rings. The van der Waals surface area contributed by atoms with E-state index in [2.05, 4.69) is 22.9 Å². The SMILES string of the molecule is CC1(NC(=O)C(=O)NCC(N)=S)CCC1. The summed E-state index contributed by atoms with van der Waals surface area (Å²) >= 11 is 4.58. The maximum absolute atomic E-state index is 11.4. The number of carbonyl (C=O) groups excluding carboxylic acids is 2. The van der Waals surface area contributed by atoms with Gasteiger partial charge in [-0.05, 0) is 26.2 Å². The maximum atomic E-state index is 11.4. The van der Waals surface area contributed by atoms with Crippen LogP contribution in [0.3, 0.4) is 0 Å². The van der Waals surface area contributed by atoms with Crippen LogP contribution >= 0.6 is 12.2 Å². The van der Waals surface area contributed by atoms with Crippen molar-refractivity contribution in [2.75, 3.05) is 6.54 Å². The molecule has 1 saturated carbocycles. The van der Waals surface area contributed by atoms with Crippen LogP contribution in [-0.4, -0.2) is 28.9 Å². The molecule has 0 aromatic heterocycles. The lowest BCUT2D eigenvalue weighted by Gasteiger charge is -2.38. The van der Waals surface area contributed by atoms with Crippen molar-refractivity contribution in [1.29, 1.82) is 0 Å². The molecule has 4 N–H and O–H groups in total. The number of hydrogen-bond acceptors (Lipinski definition) is 3. The highest BCUT2D eigenvalue weighted by Gasteiger charge is 2.34. The molecule has 15 heavy (non-hydrogen) atoms. The van der Waals surface area contributed by atoms with E-state index < -0.39 is 11.8 Å². The second kappa shape index (κ2) is 4.57. The molecule has 0 radical (unpaired) electrons. The van der Waals surface area contributed by atoms with Gasteiger partial charge >= 0.3 is 11.8 Å². The van der Waals surface area contributed by atoms with Gasteiger partial charge in [-0.3, -0.25) is 9.59 Å². The van der Waals surface area contributed by atoms with Crippen LogP contribution in [0.1, 0.15) is 26.2 Å². The van der Waals surface area contributed by atoms with Gasteiger partial charge in [0.2, 0.25) is 0 Å². The third-order valence-corrected chi connectivity index (χ3v) is 2.65. The van der Waals surface area contributed by atoms with Crippen molar-refractivity contribution in [3.05, 3.63) is 0 Å². The average molecular weight is 229 g/mol. The van der Waals surface area contributed by atoms with E-state index in [0.29, 0.717) is 0 Å². The maximum Gasteiger partial charge on any atom is 0.309 e. The van der Waals surface area contributed by atoms with E-state index in [4.69, 9.17) is 5.73 Å². The third kappa shape index (κ3) is 3.47. The molecule has 0 aromatic carbocycles. The van der Waals surface area contributed by atoms with Crippen LogP contribution < -0.4 is 16.4 Å². The van der Waals surface area contributed by atoms with Gasteiger partial charge in [-0.15, -0.1) is 0 Å². The molecule has 1 aliphatic carbocycles.